The fourth-order valence-electron chi connectivity index (χ4n) is 3.46. The molecule has 1 saturated heterocycles. The van der Waals surface area contributed by atoms with E-state index in [2.05, 4.69) is 4.74 Å². The van der Waals surface area contributed by atoms with E-state index in [1.54, 1.807) is 18.2 Å². The molecule has 2 aromatic carbocycles. The number of rotatable bonds is 6. The van der Waals surface area contributed by atoms with E-state index in [0.717, 1.165) is 38.7 Å². The highest BCUT2D eigenvalue weighted by Gasteiger charge is 2.36. The van der Waals surface area contributed by atoms with Crippen molar-refractivity contribution in [3.05, 3.63) is 80.9 Å². The molecule has 162 valence electrons. The number of benzene rings is 2. The molecule has 2 heterocycles. The van der Waals surface area contributed by atoms with Crippen LogP contribution in [-0.4, -0.2) is 45.2 Å². The van der Waals surface area contributed by atoms with E-state index in [1.807, 2.05) is 35.0 Å². The third-order valence-electron chi connectivity index (χ3n) is 4.97. The molecule has 10 heteroatoms. The van der Waals surface area contributed by atoms with Gasteiger partial charge in [-0.25, -0.2) is 0 Å². The number of non-ortho nitro benzene ring substituents is 1. The van der Waals surface area contributed by atoms with E-state index >= 15 is 0 Å². The number of nitrogens with zero attached hydrogens (tertiary/aromatic N) is 3. The summed E-state index contributed by atoms with van der Waals surface area (Å²) >= 11 is 0.763. The molecule has 0 spiro atoms. The van der Waals surface area contributed by atoms with Gasteiger partial charge in [0.2, 0.25) is 0 Å². The summed E-state index contributed by atoms with van der Waals surface area (Å²) in [5.41, 5.74) is 2.36. The van der Waals surface area contributed by atoms with Crippen LogP contribution in [0, 0.1) is 10.1 Å². The van der Waals surface area contributed by atoms with Gasteiger partial charge in [0.15, 0.2) is 0 Å². The molecule has 0 N–H and O–H groups in total. The number of hydrogen-bond acceptors (Lipinski definition) is 7. The molecule has 1 aromatic heterocycles. The Hall–Kier alpha value is -3.92. The van der Waals surface area contributed by atoms with Crippen molar-refractivity contribution in [1.29, 1.82) is 0 Å². The third kappa shape index (κ3) is 4.12. The Morgan fingerprint density at radius 1 is 1.19 bits per heavy atom. The molecule has 1 aliphatic heterocycles. The van der Waals surface area contributed by atoms with Crippen LogP contribution < -0.4 is 0 Å². The van der Waals surface area contributed by atoms with E-state index in [4.69, 9.17) is 0 Å². The second kappa shape index (κ2) is 8.67. The number of aromatic nitrogens is 1. The molecule has 3 aromatic rings. The highest BCUT2D eigenvalue weighted by Crippen LogP contribution is 2.34. The van der Waals surface area contributed by atoms with Gasteiger partial charge in [0, 0.05) is 41.3 Å². The Labute approximate surface area is 186 Å². The number of imide groups is 1. The van der Waals surface area contributed by atoms with E-state index in [9.17, 15) is 24.5 Å². The number of hydrogen-bond donors (Lipinski definition) is 0. The van der Waals surface area contributed by atoms with Crippen molar-refractivity contribution in [1.82, 2.24) is 9.47 Å². The number of ether oxygens (including phenoxy) is 1. The molecule has 32 heavy (non-hydrogen) atoms. The standard InChI is InChI=1S/C22H17N3O6S/c1-31-20(26)13-24-21(27)19(32-22(24)28)10-15-12-23(18-8-3-2-7-17(15)18)11-14-5-4-6-16(9-14)25(29)30/h2-10,12H,11,13H2,1H3. The summed E-state index contributed by atoms with van der Waals surface area (Å²) in [5, 5.41) is 11.4. The van der Waals surface area contributed by atoms with Gasteiger partial charge in [0.1, 0.15) is 6.54 Å². The van der Waals surface area contributed by atoms with Crippen molar-refractivity contribution in [2.45, 2.75) is 6.54 Å². The maximum Gasteiger partial charge on any atom is 0.325 e. The molecule has 4 rings (SSSR count). The number of thioether (sulfide) groups is 1. The number of nitro groups is 1. The summed E-state index contributed by atoms with van der Waals surface area (Å²) < 4.78 is 6.47. The van der Waals surface area contributed by atoms with E-state index in [1.165, 1.54) is 19.2 Å². The number of amides is 2. The van der Waals surface area contributed by atoms with Gasteiger partial charge in [-0.05, 0) is 29.5 Å². The summed E-state index contributed by atoms with van der Waals surface area (Å²) in [6.45, 7) is -0.0487. The lowest BCUT2D eigenvalue weighted by Crippen LogP contribution is -2.34. The molecule has 1 aliphatic rings. The minimum absolute atomic E-state index is 0.0125. The van der Waals surface area contributed by atoms with Crippen LogP contribution in [0.15, 0.2) is 59.6 Å². The molecule has 0 radical (unpaired) electrons. The smallest absolute Gasteiger partial charge is 0.325 e. The van der Waals surface area contributed by atoms with Crippen LogP contribution in [0.5, 0.6) is 0 Å². The van der Waals surface area contributed by atoms with Crippen molar-refractivity contribution in [2.24, 2.45) is 0 Å². The summed E-state index contributed by atoms with van der Waals surface area (Å²) in [4.78, 5) is 48.0. The van der Waals surface area contributed by atoms with Gasteiger partial charge in [0.25, 0.3) is 16.8 Å². The Bertz CT molecular complexity index is 1300. The molecule has 9 nitrogen and oxygen atoms in total. The predicted molar refractivity (Wildman–Crippen MR) is 119 cm³/mol. The zero-order valence-electron chi connectivity index (χ0n) is 16.9. The first kappa shape index (κ1) is 21.3. The summed E-state index contributed by atoms with van der Waals surface area (Å²) in [6.07, 6.45) is 3.45. The zero-order valence-corrected chi connectivity index (χ0v) is 17.7. The van der Waals surface area contributed by atoms with Crippen LogP contribution >= 0.6 is 11.8 Å². The Morgan fingerprint density at radius 3 is 2.72 bits per heavy atom. The molecule has 0 unspecified atom stereocenters. The number of nitro benzene ring substituents is 1. The first-order valence-electron chi connectivity index (χ1n) is 9.51. The summed E-state index contributed by atoms with van der Waals surface area (Å²) in [5.74, 6) is -1.23. The SMILES string of the molecule is COC(=O)CN1C(=O)SC(=Cc2cn(Cc3cccc([N+](=O)[O-])c3)c3ccccc23)C1=O. The Morgan fingerprint density at radius 2 is 1.97 bits per heavy atom. The van der Waals surface area contributed by atoms with Gasteiger partial charge in [-0.1, -0.05) is 30.3 Å². The number of carbonyl (C=O) groups excluding carboxylic acids is 3. The van der Waals surface area contributed by atoms with Crippen LogP contribution in [-0.2, 0) is 20.9 Å². The van der Waals surface area contributed by atoms with Crippen LogP contribution in [0.4, 0.5) is 10.5 Å². The lowest BCUT2D eigenvalue weighted by molar-refractivity contribution is -0.384. The fourth-order valence-corrected chi connectivity index (χ4v) is 4.29. The summed E-state index contributed by atoms with van der Waals surface area (Å²) in [7, 11) is 1.19. The largest absolute Gasteiger partial charge is 0.468 e. The average molecular weight is 451 g/mol. The molecular weight excluding hydrogens is 434 g/mol. The number of carbonyl (C=O) groups is 3. The van der Waals surface area contributed by atoms with Crippen LogP contribution in [0.25, 0.3) is 17.0 Å². The van der Waals surface area contributed by atoms with Crippen LogP contribution in [0.2, 0.25) is 0 Å². The molecule has 0 atom stereocenters. The lowest BCUT2D eigenvalue weighted by atomic mass is 10.1. The molecule has 0 bridgehead atoms. The van der Waals surface area contributed by atoms with Crippen molar-refractivity contribution >= 4 is 51.5 Å². The lowest BCUT2D eigenvalue weighted by Gasteiger charge is -2.09. The second-order valence-electron chi connectivity index (χ2n) is 7.00. The molecule has 0 aliphatic carbocycles. The monoisotopic (exact) mass is 451 g/mol. The van der Waals surface area contributed by atoms with E-state index in [0.29, 0.717) is 6.54 Å². The normalized spacial score (nSPS) is 15.0. The minimum Gasteiger partial charge on any atom is -0.468 e. The van der Waals surface area contributed by atoms with Crippen LogP contribution in [0.1, 0.15) is 11.1 Å². The summed E-state index contributed by atoms with van der Waals surface area (Å²) in [6, 6.07) is 13.9. The maximum absolute atomic E-state index is 12.6. The topological polar surface area (TPSA) is 112 Å². The van der Waals surface area contributed by atoms with Crippen molar-refractivity contribution in [3.63, 3.8) is 0 Å². The molecule has 2 amide bonds. The van der Waals surface area contributed by atoms with Gasteiger partial charge in [-0.2, -0.15) is 0 Å². The van der Waals surface area contributed by atoms with Gasteiger partial charge < -0.3 is 9.30 Å². The fraction of sp³-hybridized carbons (Fsp3) is 0.136. The predicted octanol–water partition coefficient (Wildman–Crippen LogP) is 3.81. The number of fused-ring (bicyclic) bond motifs is 1. The second-order valence-corrected chi connectivity index (χ2v) is 7.99. The third-order valence-corrected chi connectivity index (χ3v) is 5.88. The molecular formula is C22H17N3O6S. The van der Waals surface area contributed by atoms with Crippen molar-refractivity contribution < 1.29 is 24.0 Å². The minimum atomic E-state index is -0.679. The van der Waals surface area contributed by atoms with Crippen molar-refractivity contribution in [2.75, 3.05) is 13.7 Å². The number of esters is 1. The first-order chi connectivity index (χ1) is 15.4. The van der Waals surface area contributed by atoms with E-state index in [-0.39, 0.29) is 10.6 Å². The highest BCUT2D eigenvalue weighted by atomic mass is 32.2. The first-order valence-corrected chi connectivity index (χ1v) is 10.3. The maximum atomic E-state index is 12.6. The van der Waals surface area contributed by atoms with Gasteiger partial charge in [-0.15, -0.1) is 0 Å². The zero-order chi connectivity index (χ0) is 22.8. The van der Waals surface area contributed by atoms with Crippen molar-refractivity contribution in [3.8, 4) is 0 Å². The number of para-hydroxylation sites is 1. The van der Waals surface area contributed by atoms with Gasteiger partial charge in [-0.3, -0.25) is 29.4 Å². The quantitative estimate of drug-likeness (QED) is 0.242. The molecule has 0 saturated carbocycles. The van der Waals surface area contributed by atoms with Crippen LogP contribution in [0.3, 0.4) is 0 Å². The Kier molecular flexibility index (Phi) is 5.78. The highest BCUT2D eigenvalue weighted by molar-refractivity contribution is 8.18. The Balaban J connectivity index is 1.68. The number of methoxy groups -OCH3 is 1. The molecule has 1 fully saturated rings. The van der Waals surface area contributed by atoms with E-state index < -0.39 is 28.6 Å². The van der Waals surface area contributed by atoms with Gasteiger partial charge in [0.05, 0.1) is 16.9 Å². The van der Waals surface area contributed by atoms with Gasteiger partial charge >= 0.3 is 5.97 Å². The average Bonchev–Trinajstić information content (AvgIpc) is 3.26.